The van der Waals surface area contributed by atoms with Gasteiger partial charge in [0.25, 0.3) is 0 Å². The topological polar surface area (TPSA) is 77.5 Å². The normalized spacial score (nSPS) is 13.0. The van der Waals surface area contributed by atoms with Crippen LogP contribution < -0.4 is 0 Å². The number of alkyl halides is 3. The van der Waals surface area contributed by atoms with E-state index in [0.29, 0.717) is 16.6 Å². The Morgan fingerprint density at radius 3 is 2.34 bits per heavy atom. The molecule has 29 heavy (non-hydrogen) atoms. The van der Waals surface area contributed by atoms with Crippen LogP contribution >= 0.6 is 0 Å². The van der Waals surface area contributed by atoms with E-state index in [2.05, 4.69) is 19.9 Å². The van der Waals surface area contributed by atoms with Crippen molar-refractivity contribution in [3.05, 3.63) is 60.2 Å². The Morgan fingerprint density at radius 2 is 1.72 bits per heavy atom. The van der Waals surface area contributed by atoms with Gasteiger partial charge in [-0.05, 0) is 35.9 Å². The zero-order chi connectivity index (χ0) is 20.8. The maximum absolute atomic E-state index is 14.7. The molecule has 0 aliphatic carbocycles. The molecule has 148 valence electrons. The van der Waals surface area contributed by atoms with Crippen molar-refractivity contribution >= 4 is 22.2 Å². The molecular formula is C19H12F4N4OS. The lowest BCUT2D eigenvalue weighted by Gasteiger charge is -2.06. The summed E-state index contributed by atoms with van der Waals surface area (Å²) in [5, 5.41) is 0.173. The molecular weight excluding hydrogens is 408 g/mol. The number of aromatic amines is 1. The minimum atomic E-state index is -4.48. The monoisotopic (exact) mass is 420 g/mol. The van der Waals surface area contributed by atoms with E-state index >= 15 is 0 Å². The van der Waals surface area contributed by atoms with Crippen LogP contribution in [0.1, 0.15) is 5.56 Å². The molecule has 0 amide bonds. The first kappa shape index (κ1) is 19.3. The second kappa shape index (κ2) is 7.12. The molecule has 1 unspecified atom stereocenters. The quantitative estimate of drug-likeness (QED) is 0.299. The van der Waals surface area contributed by atoms with E-state index in [4.69, 9.17) is 0 Å². The number of aromatic nitrogens is 4. The molecule has 4 aromatic rings. The van der Waals surface area contributed by atoms with Gasteiger partial charge in [-0.25, -0.2) is 9.37 Å². The molecule has 0 radical (unpaired) electrons. The summed E-state index contributed by atoms with van der Waals surface area (Å²) in [6.45, 7) is 0. The average Bonchev–Trinajstić information content (AvgIpc) is 3.10. The Morgan fingerprint density at radius 1 is 1.00 bits per heavy atom. The Kier molecular flexibility index (Phi) is 4.75. The van der Waals surface area contributed by atoms with E-state index in [1.807, 2.05) is 0 Å². The summed E-state index contributed by atoms with van der Waals surface area (Å²) >= 11 is -1.32. The van der Waals surface area contributed by atoms with Gasteiger partial charge >= 0.3 is 11.3 Å². The van der Waals surface area contributed by atoms with Crippen molar-refractivity contribution in [2.75, 3.05) is 6.26 Å². The Labute approximate surface area is 165 Å². The molecule has 0 spiro atoms. The van der Waals surface area contributed by atoms with Crippen LogP contribution in [0.3, 0.4) is 0 Å². The van der Waals surface area contributed by atoms with Crippen LogP contribution in [0.25, 0.3) is 33.5 Å². The van der Waals surface area contributed by atoms with Crippen LogP contribution in [0.2, 0.25) is 0 Å². The average molecular weight is 420 g/mol. The summed E-state index contributed by atoms with van der Waals surface area (Å²) in [5.74, 6) is -0.489. The standard InChI is InChI=1S/C19H12F4N4OS/c1-29(28)18-24-8-11(9-25-18)10-2-4-13(14(20)6-10)17-26-15-5-3-12(19(21,22)23)7-16(15)27-17/h2-9H,1H3,(H,26,27). The highest BCUT2D eigenvalue weighted by Gasteiger charge is 2.30. The van der Waals surface area contributed by atoms with E-state index < -0.39 is 28.7 Å². The highest BCUT2D eigenvalue weighted by Crippen LogP contribution is 2.32. The van der Waals surface area contributed by atoms with E-state index in [-0.39, 0.29) is 22.1 Å². The second-order valence-corrected chi connectivity index (χ2v) is 7.49. The number of nitrogens with one attached hydrogen (secondary N) is 1. The van der Waals surface area contributed by atoms with Crippen molar-refractivity contribution in [3.63, 3.8) is 0 Å². The first-order valence-corrected chi connectivity index (χ1v) is 9.81. The third-order valence-corrected chi connectivity index (χ3v) is 4.98. The molecule has 2 aromatic carbocycles. The number of halogens is 4. The molecule has 0 fully saturated rings. The Balaban J connectivity index is 1.69. The molecule has 2 heterocycles. The summed E-state index contributed by atoms with van der Waals surface area (Å²) in [6, 6.07) is 7.46. The van der Waals surface area contributed by atoms with E-state index in [1.165, 1.54) is 36.8 Å². The zero-order valence-electron chi connectivity index (χ0n) is 14.8. The largest absolute Gasteiger partial charge is 0.609 e. The predicted molar refractivity (Wildman–Crippen MR) is 99.8 cm³/mol. The van der Waals surface area contributed by atoms with Gasteiger partial charge in [0.15, 0.2) is 0 Å². The Hall–Kier alpha value is -2.98. The summed E-state index contributed by atoms with van der Waals surface area (Å²) < 4.78 is 64.6. The highest BCUT2D eigenvalue weighted by molar-refractivity contribution is 7.90. The SMILES string of the molecule is C[S+]([O-])c1ncc(-c2ccc(-c3nc4cc(C(F)(F)F)ccc4[nH]3)c(F)c2)cn1. The Bertz CT molecular complexity index is 1190. The number of hydrogen-bond acceptors (Lipinski definition) is 4. The van der Waals surface area contributed by atoms with Gasteiger partial charge in [-0.3, -0.25) is 0 Å². The van der Waals surface area contributed by atoms with Crippen molar-refractivity contribution in [1.29, 1.82) is 0 Å². The van der Waals surface area contributed by atoms with Crippen molar-refractivity contribution in [2.24, 2.45) is 0 Å². The number of H-pyrrole nitrogens is 1. The van der Waals surface area contributed by atoms with Crippen LogP contribution in [0.5, 0.6) is 0 Å². The fraction of sp³-hybridized carbons (Fsp3) is 0.105. The molecule has 2 aromatic heterocycles. The molecule has 0 saturated heterocycles. The van der Waals surface area contributed by atoms with Gasteiger partial charge in [-0.1, -0.05) is 6.07 Å². The molecule has 0 saturated carbocycles. The summed E-state index contributed by atoms with van der Waals surface area (Å²) in [5.41, 5.74) is 0.781. The van der Waals surface area contributed by atoms with Crippen molar-refractivity contribution in [2.45, 2.75) is 11.3 Å². The van der Waals surface area contributed by atoms with Gasteiger partial charge in [-0.2, -0.15) is 23.1 Å². The van der Waals surface area contributed by atoms with E-state index in [1.54, 1.807) is 6.07 Å². The lowest BCUT2D eigenvalue weighted by atomic mass is 10.1. The van der Waals surface area contributed by atoms with Crippen molar-refractivity contribution in [3.8, 4) is 22.5 Å². The van der Waals surface area contributed by atoms with Crippen LogP contribution in [0.4, 0.5) is 17.6 Å². The van der Waals surface area contributed by atoms with Crippen LogP contribution in [-0.4, -0.2) is 30.7 Å². The number of fused-ring (bicyclic) bond motifs is 1. The first-order valence-electron chi connectivity index (χ1n) is 8.25. The van der Waals surface area contributed by atoms with Gasteiger partial charge in [0, 0.05) is 29.1 Å². The van der Waals surface area contributed by atoms with Gasteiger partial charge < -0.3 is 9.54 Å². The van der Waals surface area contributed by atoms with Gasteiger partial charge in [0.1, 0.15) is 17.9 Å². The fourth-order valence-corrected chi connectivity index (χ4v) is 3.21. The van der Waals surface area contributed by atoms with Gasteiger partial charge in [0.2, 0.25) is 0 Å². The molecule has 0 aliphatic rings. The number of benzene rings is 2. The second-order valence-electron chi connectivity index (χ2n) is 6.22. The number of nitrogens with zero attached hydrogens (tertiary/aromatic N) is 3. The van der Waals surface area contributed by atoms with Gasteiger partial charge in [0.05, 0.1) is 22.2 Å². The lowest BCUT2D eigenvalue weighted by Crippen LogP contribution is -2.04. The van der Waals surface area contributed by atoms with E-state index in [9.17, 15) is 22.1 Å². The minimum absolute atomic E-state index is 0.0925. The third kappa shape index (κ3) is 3.81. The lowest BCUT2D eigenvalue weighted by molar-refractivity contribution is -0.137. The molecule has 4 rings (SSSR count). The van der Waals surface area contributed by atoms with Crippen LogP contribution in [0.15, 0.2) is 53.9 Å². The van der Waals surface area contributed by atoms with Crippen LogP contribution in [0, 0.1) is 5.82 Å². The summed E-state index contributed by atoms with van der Waals surface area (Å²) in [4.78, 5) is 14.9. The minimum Gasteiger partial charge on any atom is -0.609 e. The maximum Gasteiger partial charge on any atom is 0.416 e. The fourth-order valence-electron chi connectivity index (χ4n) is 2.81. The number of rotatable bonds is 3. The van der Waals surface area contributed by atoms with Gasteiger partial charge in [-0.15, -0.1) is 0 Å². The molecule has 0 aliphatic heterocycles. The first-order chi connectivity index (χ1) is 13.7. The molecule has 0 bridgehead atoms. The smallest absolute Gasteiger partial charge is 0.416 e. The van der Waals surface area contributed by atoms with Crippen LogP contribution in [-0.2, 0) is 17.4 Å². The number of imidazole rings is 1. The molecule has 5 nitrogen and oxygen atoms in total. The predicted octanol–water partition coefficient (Wildman–Crippen LogP) is 4.58. The van der Waals surface area contributed by atoms with Crippen molar-refractivity contribution in [1.82, 2.24) is 19.9 Å². The summed E-state index contributed by atoms with van der Waals surface area (Å²) in [6.07, 6.45) is -0.146. The number of hydrogen-bond donors (Lipinski definition) is 1. The molecule has 1 atom stereocenters. The maximum atomic E-state index is 14.7. The zero-order valence-corrected chi connectivity index (χ0v) is 15.6. The van der Waals surface area contributed by atoms with Crippen molar-refractivity contribution < 1.29 is 22.1 Å². The molecule has 10 heteroatoms. The van der Waals surface area contributed by atoms with E-state index in [0.717, 1.165) is 12.1 Å². The highest BCUT2D eigenvalue weighted by atomic mass is 32.2. The summed E-state index contributed by atoms with van der Waals surface area (Å²) in [7, 11) is 0. The molecule has 1 N–H and O–H groups in total. The third-order valence-electron chi connectivity index (χ3n) is 4.25.